The van der Waals surface area contributed by atoms with Crippen LogP contribution < -0.4 is 9.47 Å². The van der Waals surface area contributed by atoms with E-state index in [1.54, 1.807) is 30.2 Å². The number of nitrogens with zero attached hydrogens (tertiary/aromatic N) is 4. The molecule has 4 aromatic rings. The summed E-state index contributed by atoms with van der Waals surface area (Å²) in [4.78, 5) is 4.83. The van der Waals surface area contributed by atoms with Gasteiger partial charge in [0.1, 0.15) is 16.5 Å². The van der Waals surface area contributed by atoms with Crippen LogP contribution in [0.4, 0.5) is 0 Å². The maximum atomic E-state index is 6.09. The molecular weight excluding hydrogens is 452 g/mol. The second-order valence-corrected chi connectivity index (χ2v) is 9.22. The van der Waals surface area contributed by atoms with Gasteiger partial charge in [0.25, 0.3) is 0 Å². The number of methoxy groups -OCH3 is 1. The Bertz CT molecular complexity index is 1220. The molecule has 0 aliphatic heterocycles. The van der Waals surface area contributed by atoms with E-state index in [4.69, 9.17) is 14.5 Å². The van der Waals surface area contributed by atoms with E-state index in [1.165, 1.54) is 11.1 Å². The van der Waals surface area contributed by atoms with E-state index in [9.17, 15) is 0 Å². The maximum Gasteiger partial charge on any atom is 0.192 e. The molecule has 6 nitrogen and oxygen atoms in total. The van der Waals surface area contributed by atoms with Crippen molar-refractivity contribution in [1.29, 1.82) is 0 Å². The second-order valence-electron chi connectivity index (χ2n) is 7.42. The molecule has 0 fully saturated rings. The van der Waals surface area contributed by atoms with Crippen molar-refractivity contribution >= 4 is 23.1 Å². The van der Waals surface area contributed by atoms with Gasteiger partial charge in [0, 0.05) is 23.2 Å². The largest absolute Gasteiger partial charge is 0.497 e. The van der Waals surface area contributed by atoms with Gasteiger partial charge < -0.3 is 9.47 Å². The molecule has 0 saturated carbocycles. The van der Waals surface area contributed by atoms with E-state index in [-0.39, 0.29) is 6.10 Å². The van der Waals surface area contributed by atoms with Gasteiger partial charge in [-0.15, -0.1) is 28.1 Å². The van der Waals surface area contributed by atoms with Crippen molar-refractivity contribution in [2.24, 2.45) is 0 Å². The molecule has 2 aromatic carbocycles. The Morgan fingerprint density at radius 2 is 1.88 bits per heavy atom. The van der Waals surface area contributed by atoms with E-state index in [0.717, 1.165) is 33.2 Å². The van der Waals surface area contributed by atoms with Gasteiger partial charge in [0.15, 0.2) is 17.1 Å². The molecule has 0 saturated heterocycles. The Kier molecular flexibility index (Phi) is 7.47. The lowest BCUT2D eigenvalue weighted by Crippen LogP contribution is -2.12. The first-order valence-corrected chi connectivity index (χ1v) is 12.4. The molecule has 0 bridgehead atoms. The zero-order chi connectivity index (χ0) is 23.2. The molecular formula is C25H26N4O2S2. The number of hydrogen-bond donors (Lipinski definition) is 0. The minimum Gasteiger partial charge on any atom is -0.497 e. The lowest BCUT2D eigenvalue weighted by Gasteiger charge is -2.16. The predicted octanol–water partition coefficient (Wildman–Crippen LogP) is 6.34. The van der Waals surface area contributed by atoms with Crippen LogP contribution in [0.15, 0.2) is 71.7 Å². The maximum absolute atomic E-state index is 6.09. The average molecular weight is 479 g/mol. The molecule has 8 heteroatoms. The lowest BCUT2D eigenvalue weighted by molar-refractivity contribution is 0.210. The molecule has 0 N–H and O–H groups in total. The minimum atomic E-state index is -0.271. The smallest absolute Gasteiger partial charge is 0.192 e. The molecule has 0 aliphatic carbocycles. The number of benzene rings is 2. The first-order chi connectivity index (χ1) is 16.1. The van der Waals surface area contributed by atoms with E-state index in [0.29, 0.717) is 12.3 Å². The van der Waals surface area contributed by atoms with Crippen molar-refractivity contribution in [2.75, 3.05) is 7.11 Å². The fraction of sp³-hybridized carbons (Fsp3) is 0.240. The van der Waals surface area contributed by atoms with Gasteiger partial charge in [-0.05, 0) is 43.7 Å². The van der Waals surface area contributed by atoms with Crippen LogP contribution in [0.1, 0.15) is 30.1 Å². The molecule has 0 aliphatic rings. The van der Waals surface area contributed by atoms with Crippen LogP contribution in [0.25, 0.3) is 10.6 Å². The third kappa shape index (κ3) is 5.46. The molecule has 170 valence electrons. The van der Waals surface area contributed by atoms with Gasteiger partial charge >= 0.3 is 0 Å². The number of rotatable bonds is 10. The highest BCUT2D eigenvalue weighted by Crippen LogP contribution is 2.30. The molecule has 0 amide bonds. The number of aromatic nitrogens is 4. The Morgan fingerprint density at radius 1 is 1.12 bits per heavy atom. The SMILES string of the molecule is C=CCn1c(SCc2csc(-c3ccccc3C)n2)nnc1C(C)Oc1ccc(OC)cc1. The predicted molar refractivity (Wildman–Crippen MR) is 134 cm³/mol. The summed E-state index contributed by atoms with van der Waals surface area (Å²) < 4.78 is 13.3. The molecule has 4 rings (SSSR count). The monoisotopic (exact) mass is 478 g/mol. The topological polar surface area (TPSA) is 62.1 Å². The van der Waals surface area contributed by atoms with Crippen LogP contribution in [0.5, 0.6) is 11.5 Å². The third-order valence-corrected chi connectivity index (χ3v) is 6.99. The van der Waals surface area contributed by atoms with Crippen molar-refractivity contribution < 1.29 is 9.47 Å². The number of aryl methyl sites for hydroxylation is 1. The molecule has 33 heavy (non-hydrogen) atoms. The first-order valence-electron chi connectivity index (χ1n) is 10.6. The lowest BCUT2D eigenvalue weighted by atomic mass is 10.1. The van der Waals surface area contributed by atoms with Gasteiger partial charge in [0.05, 0.1) is 12.8 Å². The summed E-state index contributed by atoms with van der Waals surface area (Å²) in [5.74, 6) is 3.01. The standard InChI is InChI=1S/C25H26N4O2S2/c1-5-14-29-23(18(3)31-21-12-10-20(30-4)11-13-21)27-28-25(29)33-16-19-15-32-24(26-19)22-9-7-6-8-17(22)2/h5-13,15,18H,1,14,16H2,2-4H3. The Hall–Kier alpha value is -3.10. The van der Waals surface area contributed by atoms with Crippen molar-refractivity contribution in [3.05, 3.63) is 83.6 Å². The number of ether oxygens (including phenoxy) is 2. The van der Waals surface area contributed by atoms with Crippen LogP contribution in [-0.4, -0.2) is 26.9 Å². The molecule has 1 unspecified atom stereocenters. The third-order valence-electron chi connectivity index (χ3n) is 5.07. The van der Waals surface area contributed by atoms with Crippen molar-refractivity contribution in [1.82, 2.24) is 19.7 Å². The van der Waals surface area contributed by atoms with Crippen LogP contribution in [0, 0.1) is 6.92 Å². The summed E-state index contributed by atoms with van der Waals surface area (Å²) in [5.41, 5.74) is 3.44. The van der Waals surface area contributed by atoms with Crippen molar-refractivity contribution in [3.63, 3.8) is 0 Å². The van der Waals surface area contributed by atoms with E-state index in [2.05, 4.69) is 41.2 Å². The zero-order valence-electron chi connectivity index (χ0n) is 18.9. The minimum absolute atomic E-state index is 0.271. The van der Waals surface area contributed by atoms with Crippen molar-refractivity contribution in [2.45, 2.75) is 37.4 Å². The Labute approximate surface area is 202 Å². The number of allylic oxidation sites excluding steroid dienone is 1. The fourth-order valence-corrected chi connectivity index (χ4v) is 5.23. The summed E-state index contributed by atoms with van der Waals surface area (Å²) in [6.07, 6.45) is 1.57. The molecule has 1 atom stereocenters. The van der Waals surface area contributed by atoms with Crippen molar-refractivity contribution in [3.8, 4) is 22.1 Å². The molecule has 0 radical (unpaired) electrons. The van der Waals surface area contributed by atoms with Gasteiger partial charge in [0.2, 0.25) is 0 Å². The fourth-order valence-electron chi connectivity index (χ4n) is 3.37. The van der Waals surface area contributed by atoms with Crippen LogP contribution >= 0.6 is 23.1 Å². The summed E-state index contributed by atoms with van der Waals surface area (Å²) in [6.45, 7) is 8.58. The van der Waals surface area contributed by atoms with Crippen LogP contribution in [0.3, 0.4) is 0 Å². The number of thiazole rings is 1. The normalized spacial score (nSPS) is 11.8. The zero-order valence-corrected chi connectivity index (χ0v) is 20.5. The highest BCUT2D eigenvalue weighted by atomic mass is 32.2. The highest BCUT2D eigenvalue weighted by Gasteiger charge is 2.19. The molecule has 0 spiro atoms. The molecule has 2 aromatic heterocycles. The molecule has 2 heterocycles. The van der Waals surface area contributed by atoms with Crippen LogP contribution in [-0.2, 0) is 12.3 Å². The highest BCUT2D eigenvalue weighted by molar-refractivity contribution is 7.98. The summed E-state index contributed by atoms with van der Waals surface area (Å²) in [7, 11) is 1.64. The summed E-state index contributed by atoms with van der Waals surface area (Å²) in [5, 5.41) is 12.8. The van der Waals surface area contributed by atoms with Crippen LogP contribution in [0.2, 0.25) is 0 Å². The Morgan fingerprint density at radius 3 is 2.61 bits per heavy atom. The number of hydrogen-bond acceptors (Lipinski definition) is 7. The quantitative estimate of drug-likeness (QED) is 0.196. The summed E-state index contributed by atoms with van der Waals surface area (Å²) >= 11 is 3.28. The Balaban J connectivity index is 1.46. The van der Waals surface area contributed by atoms with Gasteiger partial charge in [-0.1, -0.05) is 42.1 Å². The van der Waals surface area contributed by atoms with Gasteiger partial charge in [-0.2, -0.15) is 0 Å². The van der Waals surface area contributed by atoms with E-state index < -0.39 is 0 Å². The average Bonchev–Trinajstić information content (AvgIpc) is 3.46. The first kappa shape index (κ1) is 23.1. The van der Waals surface area contributed by atoms with Gasteiger partial charge in [-0.3, -0.25) is 4.57 Å². The number of thioether (sulfide) groups is 1. The van der Waals surface area contributed by atoms with Gasteiger partial charge in [-0.25, -0.2) is 4.98 Å². The summed E-state index contributed by atoms with van der Waals surface area (Å²) in [6, 6.07) is 15.8. The van der Waals surface area contributed by atoms with E-state index in [1.807, 2.05) is 54.0 Å². The second kappa shape index (κ2) is 10.7. The van der Waals surface area contributed by atoms with E-state index >= 15 is 0 Å².